The zero-order valence-corrected chi connectivity index (χ0v) is 12.8. The van der Waals surface area contributed by atoms with Crippen molar-refractivity contribution >= 4 is 34.6 Å². The Hall–Kier alpha value is -1.33. The monoisotopic (exact) mass is 296 g/mol. The molecule has 102 valence electrons. The highest BCUT2D eigenvalue weighted by atomic mass is 35.5. The molecular weight excluding hydrogens is 280 g/mol. The molecule has 2 aromatic heterocycles. The smallest absolute Gasteiger partial charge is 0.137 e. The SMILES string of the molecule is CCNc1ncnc(N(C)Cc2ccc(Cl)s2)c1C. The Morgan fingerprint density at radius 2 is 2.16 bits per heavy atom. The van der Waals surface area contributed by atoms with Crippen LogP contribution in [0.2, 0.25) is 4.34 Å². The second kappa shape index (κ2) is 6.21. The third kappa shape index (κ3) is 3.36. The van der Waals surface area contributed by atoms with E-state index in [-0.39, 0.29) is 0 Å². The lowest BCUT2D eigenvalue weighted by Gasteiger charge is -2.20. The summed E-state index contributed by atoms with van der Waals surface area (Å²) in [4.78, 5) is 12.0. The number of aromatic nitrogens is 2. The summed E-state index contributed by atoms with van der Waals surface area (Å²) in [6, 6.07) is 3.97. The molecule has 6 heteroatoms. The van der Waals surface area contributed by atoms with E-state index in [1.165, 1.54) is 4.88 Å². The summed E-state index contributed by atoms with van der Waals surface area (Å²) in [5.74, 6) is 1.83. The molecular formula is C13H17ClN4S. The van der Waals surface area contributed by atoms with Crippen molar-refractivity contribution in [2.75, 3.05) is 23.8 Å². The molecule has 0 spiro atoms. The molecule has 0 saturated heterocycles. The average molecular weight is 297 g/mol. The van der Waals surface area contributed by atoms with Crippen molar-refractivity contribution in [2.45, 2.75) is 20.4 Å². The molecule has 4 nitrogen and oxygen atoms in total. The van der Waals surface area contributed by atoms with Crippen molar-refractivity contribution in [1.29, 1.82) is 0 Å². The van der Waals surface area contributed by atoms with E-state index in [0.29, 0.717) is 0 Å². The minimum absolute atomic E-state index is 0.792. The standard InChI is InChI=1S/C13H17ClN4S/c1-4-15-12-9(2)13(17-8-16-12)18(3)7-10-5-6-11(14)19-10/h5-6,8H,4,7H2,1-3H3,(H,15,16,17). The second-order valence-electron chi connectivity index (χ2n) is 4.26. The van der Waals surface area contributed by atoms with Crippen LogP contribution in [-0.2, 0) is 6.54 Å². The zero-order chi connectivity index (χ0) is 13.8. The van der Waals surface area contributed by atoms with E-state index in [1.54, 1.807) is 17.7 Å². The van der Waals surface area contributed by atoms with Gasteiger partial charge in [-0.3, -0.25) is 0 Å². The number of rotatable bonds is 5. The van der Waals surface area contributed by atoms with Crippen molar-refractivity contribution in [3.63, 3.8) is 0 Å². The molecule has 0 saturated carbocycles. The van der Waals surface area contributed by atoms with Crippen molar-refractivity contribution in [2.24, 2.45) is 0 Å². The van der Waals surface area contributed by atoms with Crippen LogP contribution in [0.15, 0.2) is 18.5 Å². The summed E-state index contributed by atoms with van der Waals surface area (Å²) in [7, 11) is 2.03. The maximum Gasteiger partial charge on any atom is 0.137 e. The van der Waals surface area contributed by atoms with Gasteiger partial charge in [0.1, 0.15) is 18.0 Å². The molecule has 19 heavy (non-hydrogen) atoms. The van der Waals surface area contributed by atoms with E-state index in [4.69, 9.17) is 11.6 Å². The predicted molar refractivity (Wildman–Crippen MR) is 82.4 cm³/mol. The summed E-state index contributed by atoms with van der Waals surface area (Å²) in [6.07, 6.45) is 1.60. The van der Waals surface area contributed by atoms with Gasteiger partial charge in [-0.1, -0.05) is 11.6 Å². The van der Waals surface area contributed by atoms with Gasteiger partial charge in [0, 0.05) is 24.0 Å². The van der Waals surface area contributed by atoms with E-state index in [2.05, 4.69) is 27.1 Å². The number of hydrogen-bond acceptors (Lipinski definition) is 5. The van der Waals surface area contributed by atoms with Crippen LogP contribution in [0.1, 0.15) is 17.4 Å². The maximum atomic E-state index is 5.95. The maximum absolute atomic E-state index is 5.95. The Bertz CT molecular complexity index is 555. The molecule has 2 aromatic rings. The van der Waals surface area contributed by atoms with E-state index in [1.807, 2.05) is 26.1 Å². The Kier molecular flexibility index (Phi) is 4.61. The third-order valence-electron chi connectivity index (χ3n) is 2.79. The summed E-state index contributed by atoms with van der Waals surface area (Å²) in [5.41, 5.74) is 1.06. The van der Waals surface area contributed by atoms with E-state index in [9.17, 15) is 0 Å². The fourth-order valence-electron chi connectivity index (χ4n) is 1.92. The van der Waals surface area contributed by atoms with Gasteiger partial charge >= 0.3 is 0 Å². The molecule has 0 atom stereocenters. The van der Waals surface area contributed by atoms with Crippen LogP contribution in [0.4, 0.5) is 11.6 Å². The van der Waals surface area contributed by atoms with Gasteiger partial charge in [-0.25, -0.2) is 9.97 Å². The van der Waals surface area contributed by atoms with Crippen molar-refractivity contribution in [3.05, 3.63) is 33.2 Å². The highest BCUT2D eigenvalue weighted by Crippen LogP contribution is 2.26. The molecule has 0 fully saturated rings. The van der Waals surface area contributed by atoms with Crippen LogP contribution in [0.3, 0.4) is 0 Å². The van der Waals surface area contributed by atoms with Crippen LogP contribution < -0.4 is 10.2 Å². The molecule has 0 bridgehead atoms. The van der Waals surface area contributed by atoms with E-state index in [0.717, 1.165) is 34.6 Å². The lowest BCUT2D eigenvalue weighted by atomic mass is 10.3. The molecule has 2 heterocycles. The second-order valence-corrected chi connectivity index (χ2v) is 6.06. The van der Waals surface area contributed by atoms with Crippen LogP contribution in [0, 0.1) is 6.92 Å². The highest BCUT2D eigenvalue weighted by Gasteiger charge is 2.11. The minimum atomic E-state index is 0.792. The van der Waals surface area contributed by atoms with Gasteiger partial charge < -0.3 is 10.2 Å². The average Bonchev–Trinajstić information content (AvgIpc) is 2.77. The summed E-state index contributed by atoms with van der Waals surface area (Å²) in [6.45, 7) is 5.73. The van der Waals surface area contributed by atoms with Crippen LogP contribution in [0.5, 0.6) is 0 Å². The van der Waals surface area contributed by atoms with Crippen molar-refractivity contribution in [1.82, 2.24) is 9.97 Å². The van der Waals surface area contributed by atoms with Gasteiger partial charge in [0.15, 0.2) is 0 Å². The number of anilines is 2. The molecule has 0 amide bonds. The van der Waals surface area contributed by atoms with E-state index >= 15 is 0 Å². The first-order valence-corrected chi connectivity index (χ1v) is 7.32. The normalized spacial score (nSPS) is 10.5. The van der Waals surface area contributed by atoms with Gasteiger partial charge in [-0.05, 0) is 26.0 Å². The fourth-order valence-corrected chi connectivity index (χ4v) is 3.06. The first-order chi connectivity index (χ1) is 9.11. The third-order valence-corrected chi connectivity index (χ3v) is 4.00. The van der Waals surface area contributed by atoms with Gasteiger partial charge in [-0.15, -0.1) is 11.3 Å². The van der Waals surface area contributed by atoms with Gasteiger partial charge in [0.05, 0.1) is 10.9 Å². The van der Waals surface area contributed by atoms with Gasteiger partial charge in [0.25, 0.3) is 0 Å². The summed E-state index contributed by atoms with van der Waals surface area (Å²) in [5, 5.41) is 3.24. The Morgan fingerprint density at radius 3 is 2.79 bits per heavy atom. The molecule has 0 radical (unpaired) electrons. The van der Waals surface area contributed by atoms with Crippen LogP contribution >= 0.6 is 22.9 Å². The first-order valence-electron chi connectivity index (χ1n) is 6.12. The molecule has 0 unspecified atom stereocenters. The lowest BCUT2D eigenvalue weighted by Crippen LogP contribution is -2.19. The van der Waals surface area contributed by atoms with Gasteiger partial charge in [-0.2, -0.15) is 0 Å². The number of halogens is 1. The first kappa shape index (κ1) is 14.1. The minimum Gasteiger partial charge on any atom is -0.370 e. The number of nitrogens with zero attached hydrogens (tertiary/aromatic N) is 3. The summed E-state index contributed by atoms with van der Waals surface area (Å²) < 4.78 is 0.816. The summed E-state index contributed by atoms with van der Waals surface area (Å²) >= 11 is 7.55. The zero-order valence-electron chi connectivity index (χ0n) is 11.3. The number of thiophene rings is 1. The van der Waals surface area contributed by atoms with Gasteiger partial charge in [0.2, 0.25) is 0 Å². The molecule has 0 aliphatic rings. The molecule has 0 aliphatic carbocycles. The highest BCUT2D eigenvalue weighted by molar-refractivity contribution is 7.16. The topological polar surface area (TPSA) is 41.1 Å². The lowest BCUT2D eigenvalue weighted by molar-refractivity contribution is 0.894. The fraction of sp³-hybridized carbons (Fsp3) is 0.385. The van der Waals surface area contributed by atoms with Crippen LogP contribution in [-0.4, -0.2) is 23.6 Å². The predicted octanol–water partition coefficient (Wildman–Crippen LogP) is 3.57. The molecule has 0 aliphatic heterocycles. The number of hydrogen-bond donors (Lipinski definition) is 1. The van der Waals surface area contributed by atoms with Crippen molar-refractivity contribution in [3.8, 4) is 0 Å². The molecule has 1 N–H and O–H groups in total. The molecule has 2 rings (SSSR count). The largest absolute Gasteiger partial charge is 0.370 e. The van der Waals surface area contributed by atoms with E-state index < -0.39 is 0 Å². The quantitative estimate of drug-likeness (QED) is 0.916. The Balaban J connectivity index is 2.18. The van der Waals surface area contributed by atoms with Crippen LogP contribution in [0.25, 0.3) is 0 Å². The Labute approximate surface area is 122 Å². The van der Waals surface area contributed by atoms with Crippen molar-refractivity contribution < 1.29 is 0 Å². The Morgan fingerprint density at radius 1 is 1.37 bits per heavy atom. The number of nitrogens with one attached hydrogen (secondary N) is 1. The molecule has 0 aromatic carbocycles.